The van der Waals surface area contributed by atoms with Crippen LogP contribution in [-0.4, -0.2) is 61.2 Å². The van der Waals surface area contributed by atoms with Crippen LogP contribution in [-0.2, 0) is 11.8 Å². The average molecular weight is 528 g/mol. The third kappa shape index (κ3) is 4.39. The molecule has 12 nitrogen and oxygen atoms in total. The molecule has 0 aliphatic carbocycles. The predicted octanol–water partition coefficient (Wildman–Crippen LogP) is 3.22. The molecule has 39 heavy (non-hydrogen) atoms. The summed E-state index contributed by atoms with van der Waals surface area (Å²) in [6, 6.07) is 10.5. The minimum Gasteiger partial charge on any atom is -0.437 e. The van der Waals surface area contributed by atoms with Crippen molar-refractivity contribution in [1.82, 2.24) is 29.1 Å². The van der Waals surface area contributed by atoms with Crippen LogP contribution in [0.3, 0.4) is 0 Å². The first-order valence-corrected chi connectivity index (χ1v) is 12.4. The van der Waals surface area contributed by atoms with Crippen molar-refractivity contribution >= 4 is 39.8 Å². The molecule has 5 aromatic rings. The highest BCUT2D eigenvalue weighted by Crippen LogP contribution is 2.29. The molecule has 198 valence electrons. The molecule has 0 unspecified atom stereocenters. The zero-order valence-electron chi connectivity index (χ0n) is 21.3. The molecule has 0 radical (unpaired) electrons. The van der Waals surface area contributed by atoms with E-state index in [0.29, 0.717) is 41.3 Å². The van der Waals surface area contributed by atoms with Gasteiger partial charge in [0.1, 0.15) is 23.6 Å². The first-order valence-electron chi connectivity index (χ1n) is 12.4. The number of piperidine rings is 1. The second kappa shape index (κ2) is 9.71. The van der Waals surface area contributed by atoms with Gasteiger partial charge in [-0.3, -0.25) is 14.3 Å². The van der Waals surface area contributed by atoms with E-state index in [4.69, 9.17) is 4.74 Å². The Hall–Kier alpha value is -5.00. The van der Waals surface area contributed by atoms with Crippen molar-refractivity contribution in [2.24, 2.45) is 7.05 Å². The molecular weight excluding hydrogens is 502 g/mol. The Morgan fingerprint density at radius 2 is 1.87 bits per heavy atom. The minimum atomic E-state index is -0.817. The Labute approximate surface area is 221 Å². The van der Waals surface area contributed by atoms with Gasteiger partial charge in [-0.2, -0.15) is 0 Å². The molecular formula is C27H25N7O5. The Balaban J connectivity index is 1.21. The Morgan fingerprint density at radius 3 is 2.67 bits per heavy atom. The molecule has 5 heterocycles. The van der Waals surface area contributed by atoms with Crippen LogP contribution in [0.4, 0.5) is 10.6 Å². The number of aromatic nitrogens is 6. The summed E-state index contributed by atoms with van der Waals surface area (Å²) in [5.74, 6) is 0.737. The standard InChI is InChI=1S/C27H25N7O5/c1-32-14-19(18-6-5-17(12-22(18)32)39-27(37)38-2)24(35)20-13-23(30-15-29-20)33-10-7-16(8-11-33)34-21-4-3-9-28-25(21)31-26(34)36/h3-6,9,12-16H,7-8,10-11H2,1-2H3,(H,28,31,36). The summed E-state index contributed by atoms with van der Waals surface area (Å²) in [6.07, 6.45) is 5.47. The highest BCUT2D eigenvalue weighted by Gasteiger charge is 2.26. The smallest absolute Gasteiger partial charge is 0.437 e. The molecule has 0 amide bonds. The first-order chi connectivity index (χ1) is 18.9. The normalized spacial score (nSPS) is 14.2. The van der Waals surface area contributed by atoms with Crippen molar-refractivity contribution in [3.63, 3.8) is 0 Å². The molecule has 0 bridgehead atoms. The van der Waals surface area contributed by atoms with Crippen molar-refractivity contribution < 1.29 is 19.1 Å². The number of aromatic amines is 1. The van der Waals surface area contributed by atoms with Crippen molar-refractivity contribution in [3.8, 4) is 5.75 Å². The van der Waals surface area contributed by atoms with Gasteiger partial charge in [0.15, 0.2) is 5.65 Å². The number of ketones is 1. The topological polar surface area (TPSA) is 137 Å². The van der Waals surface area contributed by atoms with E-state index < -0.39 is 6.16 Å². The molecule has 1 aliphatic rings. The highest BCUT2D eigenvalue weighted by molar-refractivity contribution is 6.16. The van der Waals surface area contributed by atoms with E-state index in [9.17, 15) is 14.4 Å². The van der Waals surface area contributed by atoms with Crippen molar-refractivity contribution in [2.75, 3.05) is 25.1 Å². The number of hydrogen-bond donors (Lipinski definition) is 1. The van der Waals surface area contributed by atoms with Crippen LogP contribution >= 0.6 is 0 Å². The molecule has 0 saturated carbocycles. The van der Waals surface area contributed by atoms with E-state index in [1.165, 1.54) is 13.4 Å². The molecule has 12 heteroatoms. The van der Waals surface area contributed by atoms with Crippen molar-refractivity contribution in [1.29, 1.82) is 0 Å². The van der Waals surface area contributed by atoms with Crippen LogP contribution < -0.4 is 15.3 Å². The number of ether oxygens (including phenoxy) is 2. The molecule has 0 atom stereocenters. The molecule has 6 rings (SSSR count). The summed E-state index contributed by atoms with van der Waals surface area (Å²) in [4.78, 5) is 55.4. The zero-order chi connectivity index (χ0) is 27.1. The number of methoxy groups -OCH3 is 1. The van der Waals surface area contributed by atoms with Gasteiger partial charge in [-0.15, -0.1) is 0 Å². The second-order valence-corrected chi connectivity index (χ2v) is 9.37. The SMILES string of the molecule is COC(=O)Oc1ccc2c(C(=O)c3cc(N4CCC(n5c(=O)[nH]c6ncccc65)CC4)ncn3)cn(C)c2c1. The second-order valence-electron chi connectivity index (χ2n) is 9.37. The van der Waals surface area contributed by atoms with Crippen LogP contribution in [0.1, 0.15) is 34.9 Å². The number of imidazole rings is 1. The van der Waals surface area contributed by atoms with Gasteiger partial charge in [0, 0.05) is 61.7 Å². The lowest BCUT2D eigenvalue weighted by atomic mass is 10.0. The number of benzene rings is 1. The predicted molar refractivity (Wildman–Crippen MR) is 142 cm³/mol. The van der Waals surface area contributed by atoms with Gasteiger partial charge in [-0.1, -0.05) is 0 Å². The lowest BCUT2D eigenvalue weighted by Gasteiger charge is -2.33. The number of nitrogens with zero attached hydrogens (tertiary/aromatic N) is 6. The number of rotatable bonds is 5. The van der Waals surface area contributed by atoms with Crippen LogP contribution in [0.15, 0.2) is 59.9 Å². The fraction of sp³-hybridized carbons (Fsp3) is 0.259. The quantitative estimate of drug-likeness (QED) is 0.207. The minimum absolute atomic E-state index is 0.0402. The molecule has 1 aromatic carbocycles. The lowest BCUT2D eigenvalue weighted by Crippen LogP contribution is -2.37. The fourth-order valence-corrected chi connectivity index (χ4v) is 5.20. The number of nitrogens with one attached hydrogen (secondary N) is 1. The average Bonchev–Trinajstić information content (AvgIpc) is 3.48. The Kier molecular flexibility index (Phi) is 6.06. The molecule has 4 aromatic heterocycles. The van der Waals surface area contributed by atoms with Gasteiger partial charge in [-0.05, 0) is 37.1 Å². The number of anilines is 1. The number of hydrogen-bond acceptors (Lipinski definition) is 9. The number of pyridine rings is 1. The largest absolute Gasteiger partial charge is 0.513 e. The molecule has 1 aliphatic heterocycles. The van der Waals surface area contributed by atoms with E-state index in [1.807, 2.05) is 19.2 Å². The molecule has 0 spiro atoms. The van der Waals surface area contributed by atoms with Crippen LogP contribution in [0.5, 0.6) is 5.75 Å². The highest BCUT2D eigenvalue weighted by atomic mass is 16.7. The number of carbonyl (C=O) groups is 2. The van der Waals surface area contributed by atoms with E-state index in [-0.39, 0.29) is 23.2 Å². The summed E-state index contributed by atoms with van der Waals surface area (Å²) in [5, 5.41) is 0.708. The Morgan fingerprint density at radius 1 is 1.05 bits per heavy atom. The maximum Gasteiger partial charge on any atom is 0.513 e. The number of aryl methyl sites for hydroxylation is 1. The molecule has 1 saturated heterocycles. The van der Waals surface area contributed by atoms with Gasteiger partial charge in [0.25, 0.3) is 0 Å². The van der Waals surface area contributed by atoms with Crippen LogP contribution in [0.25, 0.3) is 22.1 Å². The van der Waals surface area contributed by atoms with E-state index >= 15 is 0 Å². The third-order valence-corrected chi connectivity index (χ3v) is 7.10. The van der Waals surface area contributed by atoms with Gasteiger partial charge in [-0.25, -0.2) is 24.5 Å². The van der Waals surface area contributed by atoms with Gasteiger partial charge < -0.3 is 18.9 Å². The maximum atomic E-state index is 13.5. The van der Waals surface area contributed by atoms with Gasteiger partial charge in [0.05, 0.1) is 18.1 Å². The van der Waals surface area contributed by atoms with E-state index in [0.717, 1.165) is 23.9 Å². The fourth-order valence-electron chi connectivity index (χ4n) is 5.20. The third-order valence-electron chi connectivity index (χ3n) is 7.10. The summed E-state index contributed by atoms with van der Waals surface area (Å²) >= 11 is 0. The molecule has 1 fully saturated rings. The number of H-pyrrole nitrogens is 1. The van der Waals surface area contributed by atoms with Gasteiger partial charge >= 0.3 is 11.8 Å². The first kappa shape index (κ1) is 24.3. The maximum absolute atomic E-state index is 13.5. The zero-order valence-corrected chi connectivity index (χ0v) is 21.3. The summed E-state index contributed by atoms with van der Waals surface area (Å²) in [7, 11) is 3.05. The Bertz CT molecular complexity index is 1780. The van der Waals surface area contributed by atoms with E-state index in [2.05, 4.69) is 29.6 Å². The number of carbonyl (C=O) groups excluding carboxylic acids is 2. The van der Waals surface area contributed by atoms with Crippen molar-refractivity contribution in [2.45, 2.75) is 18.9 Å². The van der Waals surface area contributed by atoms with Crippen molar-refractivity contribution in [3.05, 3.63) is 76.9 Å². The monoisotopic (exact) mass is 527 g/mol. The lowest BCUT2D eigenvalue weighted by molar-refractivity contribution is 0.103. The summed E-state index contributed by atoms with van der Waals surface area (Å²) in [5.41, 5.74) is 2.71. The summed E-state index contributed by atoms with van der Waals surface area (Å²) in [6.45, 7) is 1.35. The van der Waals surface area contributed by atoms with Crippen LogP contribution in [0.2, 0.25) is 0 Å². The molecule has 1 N–H and O–H groups in total. The summed E-state index contributed by atoms with van der Waals surface area (Å²) < 4.78 is 13.2. The number of fused-ring (bicyclic) bond motifs is 2. The van der Waals surface area contributed by atoms with Crippen LogP contribution in [0, 0.1) is 0 Å². The van der Waals surface area contributed by atoms with E-state index in [1.54, 1.807) is 45.8 Å². The van der Waals surface area contributed by atoms with Gasteiger partial charge in [0.2, 0.25) is 5.78 Å².